The van der Waals surface area contributed by atoms with Gasteiger partial charge in [-0.25, -0.2) is 0 Å². The van der Waals surface area contributed by atoms with Crippen LogP contribution in [0.25, 0.3) is 0 Å². The van der Waals surface area contributed by atoms with E-state index in [-0.39, 0.29) is 5.92 Å². The summed E-state index contributed by atoms with van der Waals surface area (Å²) < 4.78 is 5.92. The molecule has 0 aliphatic heterocycles. The maximum absolute atomic E-state index is 10.4. The lowest BCUT2D eigenvalue weighted by atomic mass is 9.88. The SMILES string of the molecule is Cc1cccc(C)c1OCCC1CCCC1(O)CN. The minimum absolute atomic E-state index is 0.279. The van der Waals surface area contributed by atoms with Gasteiger partial charge in [-0.3, -0.25) is 0 Å². The second-order valence-electron chi connectivity index (χ2n) is 5.75. The Balaban J connectivity index is 1.90. The first-order valence-electron chi connectivity index (χ1n) is 7.18. The number of aliphatic hydroxyl groups is 1. The summed E-state index contributed by atoms with van der Waals surface area (Å²) in [6.07, 6.45) is 3.84. The molecule has 0 heterocycles. The first-order valence-corrected chi connectivity index (χ1v) is 7.18. The summed E-state index contributed by atoms with van der Waals surface area (Å²) in [5.41, 5.74) is 7.37. The highest BCUT2D eigenvalue weighted by Crippen LogP contribution is 2.37. The largest absolute Gasteiger partial charge is 0.493 e. The summed E-state index contributed by atoms with van der Waals surface area (Å²) in [5, 5.41) is 10.4. The molecule has 0 amide bonds. The Labute approximate surface area is 115 Å². The van der Waals surface area contributed by atoms with Crippen molar-refractivity contribution in [2.75, 3.05) is 13.2 Å². The van der Waals surface area contributed by atoms with E-state index in [0.717, 1.165) is 31.4 Å². The monoisotopic (exact) mass is 263 g/mol. The van der Waals surface area contributed by atoms with Gasteiger partial charge in [0.05, 0.1) is 12.2 Å². The highest BCUT2D eigenvalue weighted by atomic mass is 16.5. The molecule has 1 aliphatic carbocycles. The lowest BCUT2D eigenvalue weighted by Gasteiger charge is -2.28. The first-order chi connectivity index (χ1) is 9.07. The van der Waals surface area contributed by atoms with Crippen LogP contribution in [0.1, 0.15) is 36.8 Å². The lowest BCUT2D eigenvalue weighted by Crippen LogP contribution is -2.41. The van der Waals surface area contributed by atoms with Crippen molar-refractivity contribution in [3.63, 3.8) is 0 Å². The predicted molar refractivity (Wildman–Crippen MR) is 77.4 cm³/mol. The molecule has 0 bridgehead atoms. The van der Waals surface area contributed by atoms with Crippen molar-refractivity contribution >= 4 is 0 Å². The van der Waals surface area contributed by atoms with E-state index in [4.69, 9.17) is 10.5 Å². The summed E-state index contributed by atoms with van der Waals surface area (Å²) in [5.74, 6) is 1.26. The maximum Gasteiger partial charge on any atom is 0.125 e. The lowest BCUT2D eigenvalue weighted by molar-refractivity contribution is 0.00351. The fourth-order valence-corrected chi connectivity index (χ4v) is 3.14. The van der Waals surface area contributed by atoms with Crippen LogP contribution >= 0.6 is 0 Å². The minimum atomic E-state index is -0.663. The van der Waals surface area contributed by atoms with Crippen LogP contribution in [0.15, 0.2) is 18.2 Å². The van der Waals surface area contributed by atoms with Crippen LogP contribution in [0.4, 0.5) is 0 Å². The van der Waals surface area contributed by atoms with E-state index in [9.17, 15) is 5.11 Å². The van der Waals surface area contributed by atoms with Crippen molar-refractivity contribution in [1.29, 1.82) is 0 Å². The fourth-order valence-electron chi connectivity index (χ4n) is 3.14. The Hall–Kier alpha value is -1.06. The molecule has 3 heteroatoms. The molecule has 3 N–H and O–H groups in total. The van der Waals surface area contributed by atoms with Gasteiger partial charge >= 0.3 is 0 Å². The molecule has 106 valence electrons. The van der Waals surface area contributed by atoms with Crippen LogP contribution in [0.3, 0.4) is 0 Å². The zero-order valence-electron chi connectivity index (χ0n) is 12.0. The number of nitrogens with two attached hydrogens (primary N) is 1. The van der Waals surface area contributed by atoms with Gasteiger partial charge in [-0.15, -0.1) is 0 Å². The van der Waals surface area contributed by atoms with Crippen LogP contribution in [-0.4, -0.2) is 23.9 Å². The Kier molecular flexibility index (Phi) is 4.48. The molecule has 3 nitrogen and oxygen atoms in total. The van der Waals surface area contributed by atoms with Gasteiger partial charge in [0.15, 0.2) is 0 Å². The summed E-state index contributed by atoms with van der Waals surface area (Å²) >= 11 is 0. The van der Waals surface area contributed by atoms with E-state index in [1.165, 1.54) is 11.1 Å². The number of rotatable bonds is 5. The number of ether oxygens (including phenoxy) is 1. The predicted octanol–water partition coefficient (Wildman–Crippen LogP) is 2.56. The van der Waals surface area contributed by atoms with E-state index < -0.39 is 5.60 Å². The Morgan fingerprint density at radius 3 is 2.68 bits per heavy atom. The highest BCUT2D eigenvalue weighted by Gasteiger charge is 2.39. The first kappa shape index (κ1) is 14.4. The molecule has 2 unspecified atom stereocenters. The van der Waals surface area contributed by atoms with Crippen LogP contribution in [-0.2, 0) is 0 Å². The van der Waals surface area contributed by atoms with Crippen molar-refractivity contribution in [3.8, 4) is 5.75 Å². The van der Waals surface area contributed by atoms with Gasteiger partial charge in [-0.05, 0) is 50.2 Å². The van der Waals surface area contributed by atoms with E-state index in [2.05, 4.69) is 26.0 Å². The second kappa shape index (κ2) is 5.93. The normalized spacial score (nSPS) is 26.6. The number of hydrogen-bond acceptors (Lipinski definition) is 3. The number of para-hydroxylation sites is 1. The van der Waals surface area contributed by atoms with Gasteiger partial charge < -0.3 is 15.6 Å². The van der Waals surface area contributed by atoms with E-state index >= 15 is 0 Å². The molecular weight excluding hydrogens is 238 g/mol. The van der Waals surface area contributed by atoms with Crippen molar-refractivity contribution in [2.45, 2.75) is 45.1 Å². The quantitative estimate of drug-likeness (QED) is 0.858. The Morgan fingerprint density at radius 2 is 2.05 bits per heavy atom. The third kappa shape index (κ3) is 3.10. The summed E-state index contributed by atoms with van der Waals surface area (Å²) in [4.78, 5) is 0. The van der Waals surface area contributed by atoms with Gasteiger partial charge in [0.2, 0.25) is 0 Å². The number of aryl methyl sites for hydroxylation is 2. The van der Waals surface area contributed by atoms with Crippen molar-refractivity contribution in [3.05, 3.63) is 29.3 Å². The molecule has 2 rings (SSSR count). The molecule has 19 heavy (non-hydrogen) atoms. The van der Waals surface area contributed by atoms with E-state index in [1.54, 1.807) is 0 Å². The van der Waals surface area contributed by atoms with Gasteiger partial charge in [0.1, 0.15) is 5.75 Å². The average Bonchev–Trinajstić information content (AvgIpc) is 2.75. The second-order valence-corrected chi connectivity index (χ2v) is 5.75. The maximum atomic E-state index is 10.4. The average molecular weight is 263 g/mol. The highest BCUT2D eigenvalue weighted by molar-refractivity contribution is 5.39. The zero-order chi connectivity index (χ0) is 13.9. The molecule has 0 aromatic heterocycles. The van der Waals surface area contributed by atoms with E-state index in [1.807, 2.05) is 6.07 Å². The van der Waals surface area contributed by atoms with Crippen LogP contribution in [0, 0.1) is 19.8 Å². The molecule has 0 radical (unpaired) electrons. The molecule has 0 saturated heterocycles. The number of hydrogen-bond donors (Lipinski definition) is 2. The summed E-state index contributed by atoms with van der Waals surface area (Å²) in [7, 11) is 0. The van der Waals surface area contributed by atoms with Gasteiger partial charge in [-0.1, -0.05) is 24.6 Å². The Bertz CT molecular complexity index is 413. The molecule has 1 aromatic carbocycles. The molecule has 1 fully saturated rings. The fraction of sp³-hybridized carbons (Fsp3) is 0.625. The van der Waals surface area contributed by atoms with Crippen molar-refractivity contribution < 1.29 is 9.84 Å². The third-order valence-electron chi connectivity index (χ3n) is 4.40. The summed E-state index contributed by atoms with van der Waals surface area (Å²) in [6, 6.07) is 6.17. The topological polar surface area (TPSA) is 55.5 Å². The molecule has 1 aromatic rings. The smallest absolute Gasteiger partial charge is 0.125 e. The standard InChI is InChI=1S/C16H25NO2/c1-12-5-3-6-13(2)15(12)19-10-8-14-7-4-9-16(14,18)11-17/h3,5-6,14,18H,4,7-11,17H2,1-2H3. The van der Waals surface area contributed by atoms with Crippen molar-refractivity contribution in [2.24, 2.45) is 11.7 Å². The zero-order valence-corrected chi connectivity index (χ0v) is 12.0. The third-order valence-corrected chi connectivity index (χ3v) is 4.40. The van der Waals surface area contributed by atoms with Crippen LogP contribution in [0.2, 0.25) is 0 Å². The molecular formula is C16H25NO2. The molecule has 2 atom stereocenters. The number of benzene rings is 1. The molecule has 1 aliphatic rings. The van der Waals surface area contributed by atoms with Crippen LogP contribution in [0.5, 0.6) is 5.75 Å². The van der Waals surface area contributed by atoms with Crippen molar-refractivity contribution in [1.82, 2.24) is 0 Å². The Morgan fingerprint density at radius 1 is 1.37 bits per heavy atom. The van der Waals surface area contributed by atoms with E-state index in [0.29, 0.717) is 13.2 Å². The summed E-state index contributed by atoms with van der Waals surface area (Å²) in [6.45, 7) is 5.14. The van der Waals surface area contributed by atoms with Gasteiger partial charge in [0.25, 0.3) is 0 Å². The molecule has 0 spiro atoms. The van der Waals surface area contributed by atoms with Gasteiger partial charge in [0, 0.05) is 6.54 Å². The van der Waals surface area contributed by atoms with Gasteiger partial charge in [-0.2, -0.15) is 0 Å². The molecule has 1 saturated carbocycles. The van der Waals surface area contributed by atoms with Crippen LogP contribution < -0.4 is 10.5 Å². The minimum Gasteiger partial charge on any atom is -0.493 e.